The van der Waals surface area contributed by atoms with E-state index < -0.39 is 33.3 Å². The summed E-state index contributed by atoms with van der Waals surface area (Å²) in [6.45, 7) is 1.13. The minimum absolute atomic E-state index is 0.0183. The number of sulfonamides is 1. The third kappa shape index (κ3) is 8.05. The standard InChI is InChI=1S/C25H29Cl2F4N3O3S/c1-33(16-17-3-5-18(6-4-17)25(29,30)31)23(35)24(28,19-7-8-21(26)22(27)15-19)11-14-34-12-9-20(10-13-34)32-38(2,36)37/h3-8,15,20,32H,9-14,16H2,1-2H3. The van der Waals surface area contributed by atoms with E-state index in [1.807, 2.05) is 4.90 Å². The normalized spacial score (nSPS) is 17.3. The van der Waals surface area contributed by atoms with Crippen molar-refractivity contribution in [1.29, 1.82) is 0 Å². The minimum Gasteiger partial charge on any atom is -0.338 e. The second-order valence-electron chi connectivity index (χ2n) is 9.54. The molecule has 1 aliphatic heterocycles. The fraction of sp³-hybridized carbons (Fsp3) is 0.480. The lowest BCUT2D eigenvalue weighted by Gasteiger charge is -2.35. The van der Waals surface area contributed by atoms with Crippen LogP contribution in [0.15, 0.2) is 42.5 Å². The van der Waals surface area contributed by atoms with Crippen LogP contribution >= 0.6 is 23.2 Å². The number of rotatable bonds is 9. The highest BCUT2D eigenvalue weighted by Gasteiger charge is 2.43. The number of piperidine rings is 1. The average molecular weight is 598 g/mol. The number of amides is 1. The van der Waals surface area contributed by atoms with Crippen LogP contribution in [0.5, 0.6) is 0 Å². The fourth-order valence-electron chi connectivity index (χ4n) is 4.45. The van der Waals surface area contributed by atoms with Gasteiger partial charge in [0.15, 0.2) is 0 Å². The number of carbonyl (C=O) groups excluding carboxylic acids is 1. The summed E-state index contributed by atoms with van der Waals surface area (Å²) in [6, 6.07) is 8.22. The highest BCUT2D eigenvalue weighted by molar-refractivity contribution is 7.88. The maximum absolute atomic E-state index is 16.7. The molecule has 0 aliphatic carbocycles. The zero-order chi connectivity index (χ0) is 28.3. The number of benzene rings is 2. The van der Waals surface area contributed by atoms with Crippen molar-refractivity contribution < 1.29 is 30.8 Å². The number of likely N-dealkylation sites (N-methyl/N-ethyl adjacent to an activating group) is 1. The average Bonchev–Trinajstić information content (AvgIpc) is 2.83. The van der Waals surface area contributed by atoms with E-state index in [0.29, 0.717) is 31.5 Å². The van der Waals surface area contributed by atoms with Crippen LogP contribution in [0.2, 0.25) is 10.0 Å². The molecule has 1 unspecified atom stereocenters. The van der Waals surface area contributed by atoms with Crippen LogP contribution in [-0.4, -0.2) is 63.1 Å². The van der Waals surface area contributed by atoms with Crippen LogP contribution < -0.4 is 4.72 Å². The van der Waals surface area contributed by atoms with Gasteiger partial charge in [-0.2, -0.15) is 13.2 Å². The van der Waals surface area contributed by atoms with Gasteiger partial charge in [0, 0.05) is 38.2 Å². The van der Waals surface area contributed by atoms with Gasteiger partial charge >= 0.3 is 6.18 Å². The molecule has 2 aromatic rings. The van der Waals surface area contributed by atoms with Crippen LogP contribution in [0.4, 0.5) is 17.6 Å². The van der Waals surface area contributed by atoms with Crippen molar-refractivity contribution in [2.45, 2.75) is 43.7 Å². The van der Waals surface area contributed by atoms with Gasteiger partial charge in [-0.25, -0.2) is 17.5 Å². The largest absolute Gasteiger partial charge is 0.416 e. The number of likely N-dealkylation sites (tertiary alicyclic amines) is 1. The fourth-order valence-corrected chi connectivity index (χ4v) is 5.59. The number of nitrogens with zero attached hydrogens (tertiary/aromatic N) is 2. The van der Waals surface area contributed by atoms with Gasteiger partial charge < -0.3 is 9.80 Å². The lowest BCUT2D eigenvalue weighted by molar-refractivity contribution is -0.145. The number of nitrogens with one attached hydrogen (secondary N) is 1. The molecule has 1 saturated heterocycles. The van der Waals surface area contributed by atoms with Crippen molar-refractivity contribution in [3.8, 4) is 0 Å². The summed E-state index contributed by atoms with van der Waals surface area (Å²) in [5, 5.41) is 0.279. The summed E-state index contributed by atoms with van der Waals surface area (Å²) in [7, 11) is -1.95. The first-order valence-corrected chi connectivity index (χ1v) is 14.5. The lowest BCUT2D eigenvalue weighted by Crippen LogP contribution is -2.47. The predicted octanol–water partition coefficient (Wildman–Crippen LogP) is 5.24. The van der Waals surface area contributed by atoms with Gasteiger partial charge in [0.25, 0.3) is 5.91 Å². The quantitative estimate of drug-likeness (QED) is 0.401. The van der Waals surface area contributed by atoms with Crippen LogP contribution in [-0.2, 0) is 33.2 Å². The van der Waals surface area contributed by atoms with E-state index in [-0.39, 0.29) is 41.2 Å². The molecule has 3 rings (SSSR count). The summed E-state index contributed by atoms with van der Waals surface area (Å²) in [5.41, 5.74) is -2.88. The molecule has 1 aliphatic rings. The van der Waals surface area contributed by atoms with Crippen molar-refractivity contribution in [1.82, 2.24) is 14.5 Å². The Labute approximate surface area is 229 Å². The van der Waals surface area contributed by atoms with Crippen LogP contribution in [0.1, 0.15) is 36.0 Å². The Kier molecular flexibility index (Phi) is 9.73. The van der Waals surface area contributed by atoms with Gasteiger partial charge in [-0.05, 0) is 55.8 Å². The number of hydrogen-bond acceptors (Lipinski definition) is 4. The molecule has 0 aromatic heterocycles. The summed E-state index contributed by atoms with van der Waals surface area (Å²) in [5.74, 6) is -0.871. The van der Waals surface area contributed by atoms with Gasteiger partial charge in [0.2, 0.25) is 15.7 Å². The monoisotopic (exact) mass is 597 g/mol. The van der Waals surface area contributed by atoms with Gasteiger partial charge in [0.1, 0.15) is 0 Å². The van der Waals surface area contributed by atoms with E-state index in [1.54, 1.807) is 0 Å². The molecule has 1 atom stereocenters. The third-order valence-corrected chi connectivity index (χ3v) is 8.01. The molecule has 2 aromatic carbocycles. The van der Waals surface area contributed by atoms with Gasteiger partial charge in [-0.1, -0.05) is 41.4 Å². The zero-order valence-electron chi connectivity index (χ0n) is 20.9. The van der Waals surface area contributed by atoms with Gasteiger partial charge in [-0.15, -0.1) is 0 Å². The Morgan fingerprint density at radius 2 is 1.61 bits per heavy atom. The van der Waals surface area contributed by atoms with E-state index in [0.717, 1.165) is 23.3 Å². The van der Waals surface area contributed by atoms with E-state index in [2.05, 4.69) is 4.72 Å². The van der Waals surface area contributed by atoms with E-state index in [1.165, 1.54) is 37.4 Å². The second-order valence-corrected chi connectivity index (χ2v) is 12.1. The summed E-state index contributed by atoms with van der Waals surface area (Å²) < 4.78 is 80.9. The molecule has 1 fully saturated rings. The summed E-state index contributed by atoms with van der Waals surface area (Å²) in [6.07, 6.45) is -2.52. The maximum atomic E-state index is 16.7. The lowest BCUT2D eigenvalue weighted by atomic mass is 9.90. The molecule has 38 heavy (non-hydrogen) atoms. The number of hydrogen-bond donors (Lipinski definition) is 1. The number of halogens is 6. The molecule has 0 bridgehead atoms. The van der Waals surface area contributed by atoms with Crippen molar-refractivity contribution in [2.75, 3.05) is 32.9 Å². The Balaban J connectivity index is 1.76. The van der Waals surface area contributed by atoms with E-state index in [9.17, 15) is 26.4 Å². The molecule has 6 nitrogen and oxygen atoms in total. The molecule has 0 radical (unpaired) electrons. The van der Waals surface area contributed by atoms with E-state index >= 15 is 4.39 Å². The van der Waals surface area contributed by atoms with Gasteiger partial charge in [0.05, 0.1) is 21.9 Å². The second kappa shape index (κ2) is 12.1. The maximum Gasteiger partial charge on any atom is 0.416 e. The highest BCUT2D eigenvalue weighted by Crippen LogP contribution is 2.37. The molecule has 1 amide bonds. The number of carbonyl (C=O) groups is 1. The topological polar surface area (TPSA) is 69.7 Å². The Hall–Kier alpha value is -1.92. The SMILES string of the molecule is CN(Cc1ccc(C(F)(F)F)cc1)C(=O)C(F)(CCN1CCC(NS(C)(=O)=O)CC1)c1ccc(Cl)c(Cl)c1. The Morgan fingerprint density at radius 1 is 1.03 bits per heavy atom. The molecule has 1 N–H and O–H groups in total. The third-order valence-electron chi connectivity index (χ3n) is 6.50. The zero-order valence-corrected chi connectivity index (χ0v) is 23.2. The molecule has 0 spiro atoms. The molecule has 1 heterocycles. The van der Waals surface area contributed by atoms with Crippen molar-refractivity contribution in [3.63, 3.8) is 0 Å². The smallest absolute Gasteiger partial charge is 0.338 e. The van der Waals surface area contributed by atoms with E-state index in [4.69, 9.17) is 23.2 Å². The Bertz CT molecular complexity index is 1240. The minimum atomic E-state index is -4.49. The van der Waals surface area contributed by atoms with Crippen LogP contribution in [0.3, 0.4) is 0 Å². The van der Waals surface area contributed by atoms with Crippen molar-refractivity contribution >= 4 is 39.1 Å². The number of alkyl halides is 4. The van der Waals surface area contributed by atoms with Crippen molar-refractivity contribution in [3.05, 3.63) is 69.2 Å². The first-order valence-electron chi connectivity index (χ1n) is 11.8. The molecular weight excluding hydrogens is 569 g/mol. The van der Waals surface area contributed by atoms with Crippen molar-refractivity contribution in [2.24, 2.45) is 0 Å². The van der Waals surface area contributed by atoms with Crippen LogP contribution in [0, 0.1) is 0 Å². The summed E-state index contributed by atoms with van der Waals surface area (Å²) >= 11 is 12.1. The summed E-state index contributed by atoms with van der Waals surface area (Å²) in [4.78, 5) is 16.6. The first kappa shape index (κ1) is 30.6. The molecule has 210 valence electrons. The molecule has 0 saturated carbocycles. The molecule has 13 heteroatoms. The molecular formula is C25H29Cl2F4N3O3S. The Morgan fingerprint density at radius 3 is 2.13 bits per heavy atom. The van der Waals surface area contributed by atoms with Crippen LogP contribution in [0.25, 0.3) is 0 Å². The predicted molar refractivity (Wildman–Crippen MR) is 139 cm³/mol. The first-order chi connectivity index (χ1) is 17.6. The highest BCUT2D eigenvalue weighted by atomic mass is 35.5. The van der Waals surface area contributed by atoms with Gasteiger partial charge in [-0.3, -0.25) is 4.79 Å².